The summed E-state index contributed by atoms with van der Waals surface area (Å²) in [5.74, 6) is 0. The third-order valence-corrected chi connectivity index (χ3v) is 2.23. The van der Waals surface area contributed by atoms with Crippen LogP contribution in [0.3, 0.4) is 0 Å². The Morgan fingerprint density at radius 1 is 1.55 bits per heavy atom. The quantitative estimate of drug-likeness (QED) is 0.785. The average molecular weight is 258 g/mol. The molecule has 0 aliphatic heterocycles. The Morgan fingerprint density at radius 3 is 2.64 bits per heavy atom. The molecule has 1 aromatic heterocycles. The zero-order valence-corrected chi connectivity index (χ0v) is 8.71. The predicted molar refractivity (Wildman–Crippen MR) is 52.1 cm³/mol. The van der Waals surface area contributed by atoms with Crippen LogP contribution in [0.15, 0.2) is 16.6 Å². The molecule has 0 saturated heterocycles. The third kappa shape index (κ3) is 2.95. The topological polar surface area (TPSA) is 38.9 Å². The third-order valence-electron chi connectivity index (χ3n) is 1.07. The number of hydrogen-bond acceptors (Lipinski definition) is 2. The summed E-state index contributed by atoms with van der Waals surface area (Å²) >= 11 is 8.90. The van der Waals surface area contributed by atoms with Gasteiger partial charge in [-0.1, -0.05) is 11.6 Å². The molecule has 11 heavy (non-hydrogen) atoms. The van der Waals surface area contributed by atoms with E-state index in [4.69, 9.17) is 17.3 Å². The van der Waals surface area contributed by atoms with Crippen LogP contribution in [0.1, 0.15) is 5.69 Å². The van der Waals surface area contributed by atoms with Crippen molar-refractivity contribution in [2.75, 3.05) is 0 Å². The summed E-state index contributed by atoms with van der Waals surface area (Å²) in [6, 6.07) is 3.66. The number of nitrogens with zero attached hydrogens (tertiary/aromatic N) is 1. The first kappa shape index (κ1) is 11.2. The van der Waals surface area contributed by atoms with Crippen molar-refractivity contribution < 1.29 is 0 Å². The molecule has 2 N–H and O–H groups in total. The SMILES string of the molecule is Cl.NCc1ccc(Br)c(Cl)n1. The van der Waals surface area contributed by atoms with Gasteiger partial charge in [0.1, 0.15) is 5.15 Å². The van der Waals surface area contributed by atoms with Crippen molar-refractivity contribution in [1.29, 1.82) is 0 Å². The van der Waals surface area contributed by atoms with Crippen molar-refractivity contribution in [2.24, 2.45) is 5.73 Å². The Labute approximate surface area is 84.7 Å². The van der Waals surface area contributed by atoms with E-state index in [1.165, 1.54) is 0 Å². The molecule has 1 heterocycles. The van der Waals surface area contributed by atoms with Crippen LogP contribution in [0, 0.1) is 0 Å². The van der Waals surface area contributed by atoms with E-state index in [1.54, 1.807) is 0 Å². The van der Waals surface area contributed by atoms with E-state index in [0.29, 0.717) is 11.7 Å². The summed E-state index contributed by atoms with van der Waals surface area (Å²) in [5, 5.41) is 0.461. The standard InChI is InChI=1S/C6H6BrClN2.ClH/c7-5-2-1-4(3-9)10-6(5)8;/h1-2H,3,9H2;1H. The molecule has 1 aromatic rings. The monoisotopic (exact) mass is 256 g/mol. The molecule has 0 aromatic carbocycles. The fourth-order valence-electron chi connectivity index (χ4n) is 0.569. The number of aromatic nitrogens is 1. The molecule has 62 valence electrons. The molecule has 1 rings (SSSR count). The van der Waals surface area contributed by atoms with Gasteiger partial charge in [-0.3, -0.25) is 0 Å². The number of nitrogens with two attached hydrogens (primary N) is 1. The Morgan fingerprint density at radius 2 is 2.18 bits per heavy atom. The first-order chi connectivity index (χ1) is 4.74. The summed E-state index contributed by atoms with van der Waals surface area (Å²) in [6.07, 6.45) is 0. The van der Waals surface area contributed by atoms with Gasteiger partial charge < -0.3 is 5.73 Å². The van der Waals surface area contributed by atoms with Gasteiger partial charge in [-0.05, 0) is 28.1 Å². The Balaban J connectivity index is 0.000001000. The molecule has 5 heteroatoms. The minimum Gasteiger partial charge on any atom is -0.325 e. The van der Waals surface area contributed by atoms with Crippen LogP contribution in [0.5, 0.6) is 0 Å². The van der Waals surface area contributed by atoms with Crippen LogP contribution < -0.4 is 5.73 Å². The predicted octanol–water partition coefficient (Wildman–Crippen LogP) is 2.38. The minimum atomic E-state index is 0. The molecular weight excluding hydrogens is 251 g/mol. The molecule has 0 saturated carbocycles. The number of halogens is 3. The normalized spacial score (nSPS) is 9.00. The summed E-state index contributed by atoms with van der Waals surface area (Å²) in [6.45, 7) is 0.424. The molecule has 0 spiro atoms. The lowest BCUT2D eigenvalue weighted by Gasteiger charge is -1.97. The Hall–Kier alpha value is 0.170. The van der Waals surface area contributed by atoms with Crippen molar-refractivity contribution in [3.8, 4) is 0 Å². The van der Waals surface area contributed by atoms with Crippen LogP contribution in [0.2, 0.25) is 5.15 Å². The second-order valence-corrected chi connectivity index (χ2v) is 2.99. The molecule has 0 fully saturated rings. The fraction of sp³-hybridized carbons (Fsp3) is 0.167. The molecule has 0 radical (unpaired) electrons. The first-order valence-corrected chi connectivity index (χ1v) is 3.92. The van der Waals surface area contributed by atoms with Gasteiger partial charge in [0.05, 0.1) is 10.2 Å². The summed E-state index contributed by atoms with van der Waals surface area (Å²) in [7, 11) is 0. The molecule has 0 amide bonds. The van der Waals surface area contributed by atoms with Crippen LogP contribution in [-0.4, -0.2) is 4.98 Å². The second kappa shape index (κ2) is 4.93. The van der Waals surface area contributed by atoms with E-state index in [-0.39, 0.29) is 12.4 Å². The zero-order valence-electron chi connectivity index (χ0n) is 5.55. The van der Waals surface area contributed by atoms with Gasteiger partial charge in [-0.15, -0.1) is 12.4 Å². The molecule has 0 unspecified atom stereocenters. The minimum absolute atomic E-state index is 0. The smallest absolute Gasteiger partial charge is 0.143 e. The largest absolute Gasteiger partial charge is 0.325 e. The van der Waals surface area contributed by atoms with Gasteiger partial charge in [-0.25, -0.2) is 4.98 Å². The van der Waals surface area contributed by atoms with E-state index < -0.39 is 0 Å². The summed E-state index contributed by atoms with van der Waals surface area (Å²) in [4.78, 5) is 3.98. The maximum Gasteiger partial charge on any atom is 0.143 e. The average Bonchev–Trinajstić information content (AvgIpc) is 1.95. The second-order valence-electron chi connectivity index (χ2n) is 1.78. The lowest BCUT2D eigenvalue weighted by Crippen LogP contribution is -1.98. The van der Waals surface area contributed by atoms with Crippen LogP contribution >= 0.6 is 39.9 Å². The summed E-state index contributed by atoms with van der Waals surface area (Å²) in [5.41, 5.74) is 6.13. The highest BCUT2D eigenvalue weighted by molar-refractivity contribution is 9.10. The summed E-state index contributed by atoms with van der Waals surface area (Å²) < 4.78 is 0.798. The lowest BCUT2D eigenvalue weighted by atomic mass is 10.4. The zero-order chi connectivity index (χ0) is 7.56. The van der Waals surface area contributed by atoms with Gasteiger partial charge in [0.15, 0.2) is 0 Å². The van der Waals surface area contributed by atoms with Gasteiger partial charge >= 0.3 is 0 Å². The van der Waals surface area contributed by atoms with Crippen LogP contribution in [-0.2, 0) is 6.54 Å². The van der Waals surface area contributed by atoms with Gasteiger partial charge in [0.2, 0.25) is 0 Å². The van der Waals surface area contributed by atoms with Gasteiger partial charge in [0.25, 0.3) is 0 Å². The first-order valence-electron chi connectivity index (χ1n) is 2.75. The number of rotatable bonds is 1. The van der Waals surface area contributed by atoms with Crippen molar-refractivity contribution >= 4 is 39.9 Å². The van der Waals surface area contributed by atoms with Crippen molar-refractivity contribution in [2.45, 2.75) is 6.54 Å². The van der Waals surface area contributed by atoms with Gasteiger partial charge in [0, 0.05) is 6.54 Å². The highest BCUT2D eigenvalue weighted by atomic mass is 79.9. The fourth-order valence-corrected chi connectivity index (χ4v) is 0.961. The van der Waals surface area contributed by atoms with E-state index in [9.17, 15) is 0 Å². The molecule has 0 aliphatic rings. The maximum atomic E-state index is 5.68. The van der Waals surface area contributed by atoms with E-state index >= 15 is 0 Å². The van der Waals surface area contributed by atoms with Crippen LogP contribution in [0.4, 0.5) is 0 Å². The van der Waals surface area contributed by atoms with E-state index in [0.717, 1.165) is 10.2 Å². The molecule has 0 atom stereocenters. The Kier molecular flexibility index (Phi) is 5.01. The maximum absolute atomic E-state index is 5.68. The molecule has 0 aliphatic carbocycles. The Bertz CT molecular complexity index is 242. The lowest BCUT2D eigenvalue weighted by molar-refractivity contribution is 0.988. The highest BCUT2D eigenvalue weighted by Crippen LogP contribution is 2.19. The van der Waals surface area contributed by atoms with Crippen molar-refractivity contribution in [1.82, 2.24) is 4.98 Å². The molecule has 0 bridgehead atoms. The molecular formula is C6H7BrCl2N2. The van der Waals surface area contributed by atoms with Crippen LogP contribution in [0.25, 0.3) is 0 Å². The van der Waals surface area contributed by atoms with E-state index in [1.807, 2.05) is 12.1 Å². The van der Waals surface area contributed by atoms with Crippen molar-refractivity contribution in [3.63, 3.8) is 0 Å². The molecule has 2 nitrogen and oxygen atoms in total. The van der Waals surface area contributed by atoms with E-state index in [2.05, 4.69) is 20.9 Å². The number of hydrogen-bond donors (Lipinski definition) is 1. The number of pyridine rings is 1. The highest BCUT2D eigenvalue weighted by Gasteiger charge is 1.97. The van der Waals surface area contributed by atoms with Crippen molar-refractivity contribution in [3.05, 3.63) is 27.5 Å². The van der Waals surface area contributed by atoms with Gasteiger partial charge in [-0.2, -0.15) is 0 Å².